The van der Waals surface area contributed by atoms with E-state index in [4.69, 9.17) is 9.26 Å². The van der Waals surface area contributed by atoms with Crippen molar-refractivity contribution in [1.29, 1.82) is 0 Å². The molecule has 0 fully saturated rings. The van der Waals surface area contributed by atoms with Gasteiger partial charge in [-0.05, 0) is 36.6 Å². The van der Waals surface area contributed by atoms with E-state index in [9.17, 15) is 8.78 Å². The fourth-order valence-electron chi connectivity index (χ4n) is 3.03. The maximum Gasteiger partial charge on any atom is 0.275 e. The number of pyridine rings is 1. The first kappa shape index (κ1) is 15.7. The van der Waals surface area contributed by atoms with Crippen LogP contribution in [0.15, 0.2) is 47.1 Å². The summed E-state index contributed by atoms with van der Waals surface area (Å²) in [6.07, 6.45) is -2.01. The van der Waals surface area contributed by atoms with Crippen molar-refractivity contribution in [3.8, 4) is 17.3 Å². The molecule has 2 atom stereocenters. The van der Waals surface area contributed by atoms with Gasteiger partial charge in [-0.3, -0.25) is 4.98 Å². The highest BCUT2D eigenvalue weighted by molar-refractivity contribution is 5.53. The number of fused-ring (bicyclic) bond motifs is 1. The predicted molar refractivity (Wildman–Crippen MR) is 85.6 cm³/mol. The third-order valence-electron chi connectivity index (χ3n) is 4.30. The lowest BCUT2D eigenvalue weighted by atomic mass is 9.90. The second-order valence-electron chi connectivity index (χ2n) is 5.96. The van der Waals surface area contributed by atoms with E-state index in [1.54, 1.807) is 24.4 Å². The number of hydrogen-bond acceptors (Lipinski definition) is 5. The lowest BCUT2D eigenvalue weighted by molar-refractivity contribution is -0.0175. The third-order valence-corrected chi connectivity index (χ3v) is 4.30. The number of benzene rings is 1. The van der Waals surface area contributed by atoms with Gasteiger partial charge >= 0.3 is 0 Å². The van der Waals surface area contributed by atoms with Crippen LogP contribution in [0, 0.1) is 6.92 Å². The quantitative estimate of drug-likeness (QED) is 0.724. The minimum absolute atomic E-state index is 0.139. The number of aryl methyl sites for hydroxylation is 1. The van der Waals surface area contributed by atoms with E-state index >= 15 is 0 Å². The van der Waals surface area contributed by atoms with Gasteiger partial charge in [-0.2, -0.15) is 4.98 Å². The summed E-state index contributed by atoms with van der Waals surface area (Å²) < 4.78 is 37.8. The number of aromatic nitrogens is 3. The fourth-order valence-corrected chi connectivity index (χ4v) is 3.03. The highest BCUT2D eigenvalue weighted by Gasteiger charge is 2.40. The minimum Gasteiger partial charge on any atom is -0.483 e. The molecule has 0 aliphatic carbocycles. The van der Waals surface area contributed by atoms with Crippen molar-refractivity contribution in [2.75, 3.05) is 0 Å². The van der Waals surface area contributed by atoms with Crippen molar-refractivity contribution in [3.63, 3.8) is 0 Å². The molecular weight excluding hydrogens is 328 g/mol. The Labute approximate surface area is 142 Å². The molecule has 7 heteroatoms. The normalized spacial score (nSPS) is 19.5. The van der Waals surface area contributed by atoms with Crippen LogP contribution in [0.3, 0.4) is 0 Å². The molecule has 128 valence electrons. The van der Waals surface area contributed by atoms with Crippen molar-refractivity contribution in [2.45, 2.75) is 31.8 Å². The molecule has 1 aromatic carbocycles. The molecule has 0 spiro atoms. The average molecular weight is 343 g/mol. The molecule has 0 radical (unpaired) electrons. The summed E-state index contributed by atoms with van der Waals surface area (Å²) >= 11 is 0. The maximum atomic E-state index is 13.5. The molecule has 0 saturated carbocycles. The number of hydrogen-bond donors (Lipinski definition) is 0. The van der Waals surface area contributed by atoms with Gasteiger partial charge in [0.15, 0.2) is 6.10 Å². The lowest BCUT2D eigenvalue weighted by Crippen LogP contribution is -2.37. The zero-order chi connectivity index (χ0) is 17.4. The molecule has 0 N–H and O–H groups in total. The molecular formula is C18H15F2N3O2. The predicted octanol–water partition coefficient (Wildman–Crippen LogP) is 3.79. The zero-order valence-corrected chi connectivity index (χ0v) is 13.4. The van der Waals surface area contributed by atoms with Crippen LogP contribution in [-0.2, 0) is 6.42 Å². The van der Waals surface area contributed by atoms with Gasteiger partial charge in [-0.1, -0.05) is 29.4 Å². The topological polar surface area (TPSA) is 61.0 Å². The zero-order valence-electron chi connectivity index (χ0n) is 13.4. The van der Waals surface area contributed by atoms with E-state index in [1.165, 1.54) is 0 Å². The van der Waals surface area contributed by atoms with E-state index in [0.717, 1.165) is 11.1 Å². The van der Waals surface area contributed by atoms with Gasteiger partial charge in [0.25, 0.3) is 6.43 Å². The molecule has 0 saturated heterocycles. The van der Waals surface area contributed by atoms with Crippen molar-refractivity contribution in [3.05, 3.63) is 59.6 Å². The van der Waals surface area contributed by atoms with Gasteiger partial charge < -0.3 is 9.26 Å². The first-order chi connectivity index (χ1) is 12.1. The van der Waals surface area contributed by atoms with Crippen LogP contribution in [0.5, 0.6) is 5.75 Å². The Bertz CT molecular complexity index is 897. The van der Waals surface area contributed by atoms with Crippen molar-refractivity contribution in [1.82, 2.24) is 15.1 Å². The van der Waals surface area contributed by atoms with E-state index in [0.29, 0.717) is 23.7 Å². The van der Waals surface area contributed by atoms with Gasteiger partial charge in [-0.15, -0.1) is 0 Å². The molecule has 0 amide bonds. The van der Waals surface area contributed by atoms with Crippen LogP contribution < -0.4 is 4.74 Å². The Hall–Kier alpha value is -2.83. The van der Waals surface area contributed by atoms with Crippen molar-refractivity contribution >= 4 is 0 Å². The summed E-state index contributed by atoms with van der Waals surface area (Å²) in [4.78, 5) is 8.55. The van der Waals surface area contributed by atoms with E-state index in [2.05, 4.69) is 15.1 Å². The Morgan fingerprint density at radius 2 is 2.00 bits per heavy atom. The second kappa shape index (κ2) is 6.23. The van der Waals surface area contributed by atoms with Crippen LogP contribution in [0.4, 0.5) is 8.78 Å². The fraction of sp³-hybridized carbons (Fsp3) is 0.278. The molecule has 5 nitrogen and oxygen atoms in total. The van der Waals surface area contributed by atoms with E-state index in [1.807, 2.05) is 25.1 Å². The Balaban J connectivity index is 1.70. The number of nitrogens with zero attached hydrogens (tertiary/aromatic N) is 3. The van der Waals surface area contributed by atoms with E-state index < -0.39 is 18.4 Å². The minimum atomic E-state index is -2.66. The average Bonchev–Trinajstić information content (AvgIpc) is 3.10. The Morgan fingerprint density at radius 3 is 2.80 bits per heavy atom. The maximum absolute atomic E-state index is 13.5. The first-order valence-electron chi connectivity index (χ1n) is 7.92. The third kappa shape index (κ3) is 2.86. The summed E-state index contributed by atoms with van der Waals surface area (Å²) in [6, 6.07) is 10.8. The van der Waals surface area contributed by atoms with Crippen LogP contribution in [-0.4, -0.2) is 27.7 Å². The van der Waals surface area contributed by atoms with Crippen LogP contribution in [0.25, 0.3) is 11.5 Å². The van der Waals surface area contributed by atoms with Crippen LogP contribution >= 0.6 is 0 Å². The summed E-state index contributed by atoms with van der Waals surface area (Å²) in [5.74, 6) is 0.198. The number of rotatable bonds is 3. The largest absolute Gasteiger partial charge is 0.483 e. The molecule has 1 aliphatic heterocycles. The number of halogens is 2. The molecule has 0 bridgehead atoms. The lowest BCUT2D eigenvalue weighted by Gasteiger charge is -2.30. The molecule has 25 heavy (non-hydrogen) atoms. The first-order valence-corrected chi connectivity index (χ1v) is 7.92. The van der Waals surface area contributed by atoms with Gasteiger partial charge in [0.1, 0.15) is 11.4 Å². The molecule has 0 unspecified atom stereocenters. The van der Waals surface area contributed by atoms with Crippen molar-refractivity contribution in [2.24, 2.45) is 0 Å². The number of alkyl halides is 2. The molecule has 1 aliphatic rings. The second-order valence-corrected chi connectivity index (χ2v) is 5.96. The molecule has 3 heterocycles. The summed E-state index contributed by atoms with van der Waals surface area (Å²) in [7, 11) is 0. The smallest absolute Gasteiger partial charge is 0.275 e. The Morgan fingerprint density at radius 1 is 1.16 bits per heavy atom. The van der Waals surface area contributed by atoms with Gasteiger partial charge in [0, 0.05) is 6.20 Å². The number of para-hydroxylation sites is 1. The highest BCUT2D eigenvalue weighted by atomic mass is 19.3. The SMILES string of the molecule is Cc1cccnc1-c1noc([C@@H]2Cc3ccccc3O[C@H]2C(F)F)n1. The van der Waals surface area contributed by atoms with Gasteiger partial charge in [-0.25, -0.2) is 8.78 Å². The summed E-state index contributed by atoms with van der Waals surface area (Å²) in [5, 5.41) is 3.92. The Kier molecular flexibility index (Phi) is 3.91. The molecule has 2 aromatic heterocycles. The standard InChI is InChI=1S/C18H15F2N3O2/c1-10-5-4-8-21-14(10)17-22-18(25-23-17)12-9-11-6-2-3-7-13(11)24-15(12)16(19)20/h2-8,12,15-16H,9H2,1H3/t12-,15-/m1/s1. The highest BCUT2D eigenvalue weighted by Crippen LogP contribution is 2.38. The van der Waals surface area contributed by atoms with Crippen LogP contribution in [0.1, 0.15) is 22.9 Å². The van der Waals surface area contributed by atoms with Crippen molar-refractivity contribution < 1.29 is 18.0 Å². The molecule has 3 aromatic rings. The summed E-state index contributed by atoms with van der Waals surface area (Å²) in [6.45, 7) is 1.88. The van der Waals surface area contributed by atoms with Gasteiger partial charge in [0.05, 0.1) is 5.92 Å². The number of ether oxygens (including phenoxy) is 1. The summed E-state index contributed by atoms with van der Waals surface area (Å²) in [5.41, 5.74) is 2.30. The van der Waals surface area contributed by atoms with Gasteiger partial charge in [0.2, 0.25) is 11.7 Å². The van der Waals surface area contributed by atoms with Crippen LogP contribution in [0.2, 0.25) is 0 Å². The van der Waals surface area contributed by atoms with E-state index in [-0.39, 0.29) is 5.89 Å². The molecule has 4 rings (SSSR count). The monoisotopic (exact) mass is 343 g/mol.